The van der Waals surface area contributed by atoms with Crippen LogP contribution < -0.4 is 15.5 Å². The maximum atomic E-state index is 12.2. The van der Waals surface area contributed by atoms with Crippen LogP contribution in [0.3, 0.4) is 0 Å². The first-order valence-electron chi connectivity index (χ1n) is 9.09. The van der Waals surface area contributed by atoms with Crippen molar-refractivity contribution in [2.24, 2.45) is 0 Å². The van der Waals surface area contributed by atoms with Crippen molar-refractivity contribution < 1.29 is 4.79 Å². The summed E-state index contributed by atoms with van der Waals surface area (Å²) in [5.74, 6) is 0.978. The van der Waals surface area contributed by atoms with Crippen LogP contribution in [0.4, 0.5) is 16.3 Å². The van der Waals surface area contributed by atoms with E-state index in [1.807, 2.05) is 44.4 Å². The second-order valence-corrected chi connectivity index (χ2v) is 6.91. The molecule has 1 aromatic carbocycles. The SMILES string of the molecule is CN(C)Cc1ccccc1CNC(=O)Nc1ccc(N2CCCC2)nc1. The molecular formula is C20H27N5O. The van der Waals surface area contributed by atoms with Crippen molar-refractivity contribution in [3.05, 3.63) is 53.7 Å². The number of hydrogen-bond acceptors (Lipinski definition) is 4. The lowest BCUT2D eigenvalue weighted by atomic mass is 10.1. The number of pyridine rings is 1. The molecule has 0 saturated carbocycles. The van der Waals surface area contributed by atoms with E-state index in [-0.39, 0.29) is 6.03 Å². The van der Waals surface area contributed by atoms with Crippen molar-refractivity contribution in [2.45, 2.75) is 25.9 Å². The van der Waals surface area contributed by atoms with Crippen molar-refractivity contribution in [1.82, 2.24) is 15.2 Å². The molecule has 1 saturated heterocycles. The van der Waals surface area contributed by atoms with Gasteiger partial charge in [-0.2, -0.15) is 0 Å². The normalized spacial score (nSPS) is 13.9. The van der Waals surface area contributed by atoms with Gasteiger partial charge in [0.25, 0.3) is 0 Å². The zero-order chi connectivity index (χ0) is 18.4. The molecule has 138 valence electrons. The van der Waals surface area contributed by atoms with Gasteiger partial charge in [0.1, 0.15) is 5.82 Å². The number of anilines is 2. The maximum Gasteiger partial charge on any atom is 0.319 e. The summed E-state index contributed by atoms with van der Waals surface area (Å²) in [6.07, 6.45) is 4.16. The first kappa shape index (κ1) is 18.2. The number of rotatable bonds is 6. The van der Waals surface area contributed by atoms with Gasteiger partial charge in [-0.15, -0.1) is 0 Å². The lowest BCUT2D eigenvalue weighted by Crippen LogP contribution is -2.29. The summed E-state index contributed by atoms with van der Waals surface area (Å²) < 4.78 is 0. The third-order valence-corrected chi connectivity index (χ3v) is 4.48. The molecule has 1 aromatic heterocycles. The van der Waals surface area contributed by atoms with Crippen molar-refractivity contribution in [3.63, 3.8) is 0 Å². The number of aromatic nitrogens is 1. The highest BCUT2D eigenvalue weighted by atomic mass is 16.2. The minimum absolute atomic E-state index is 0.222. The van der Waals surface area contributed by atoms with Gasteiger partial charge in [-0.25, -0.2) is 9.78 Å². The summed E-state index contributed by atoms with van der Waals surface area (Å²) in [4.78, 5) is 21.0. The fraction of sp³-hybridized carbons (Fsp3) is 0.400. The number of urea groups is 1. The van der Waals surface area contributed by atoms with Gasteiger partial charge in [0.15, 0.2) is 0 Å². The molecule has 6 heteroatoms. The number of nitrogens with one attached hydrogen (secondary N) is 2. The Kier molecular flexibility index (Phi) is 6.07. The third-order valence-electron chi connectivity index (χ3n) is 4.48. The second kappa shape index (κ2) is 8.67. The molecule has 0 radical (unpaired) electrons. The van der Waals surface area contributed by atoms with Crippen LogP contribution in [0.25, 0.3) is 0 Å². The Morgan fingerprint density at radius 2 is 1.85 bits per heavy atom. The Morgan fingerprint density at radius 1 is 1.12 bits per heavy atom. The van der Waals surface area contributed by atoms with Crippen LogP contribution in [0.2, 0.25) is 0 Å². The van der Waals surface area contributed by atoms with Crippen LogP contribution in [0.15, 0.2) is 42.6 Å². The largest absolute Gasteiger partial charge is 0.357 e. The molecule has 0 atom stereocenters. The van der Waals surface area contributed by atoms with Crippen molar-refractivity contribution >= 4 is 17.5 Å². The van der Waals surface area contributed by atoms with Gasteiger partial charge in [0.2, 0.25) is 0 Å². The Balaban J connectivity index is 1.53. The van der Waals surface area contributed by atoms with E-state index < -0.39 is 0 Å². The smallest absolute Gasteiger partial charge is 0.319 e. The average molecular weight is 353 g/mol. The average Bonchev–Trinajstić information content (AvgIpc) is 3.16. The summed E-state index contributed by atoms with van der Waals surface area (Å²) in [5, 5.41) is 5.77. The molecule has 0 unspecified atom stereocenters. The van der Waals surface area contributed by atoms with Crippen LogP contribution in [0.5, 0.6) is 0 Å². The maximum absolute atomic E-state index is 12.2. The Labute approximate surface area is 155 Å². The van der Waals surface area contributed by atoms with E-state index in [0.29, 0.717) is 12.2 Å². The van der Waals surface area contributed by atoms with E-state index in [0.717, 1.165) is 31.0 Å². The van der Waals surface area contributed by atoms with Gasteiger partial charge in [-0.1, -0.05) is 24.3 Å². The van der Waals surface area contributed by atoms with E-state index in [1.54, 1.807) is 6.20 Å². The van der Waals surface area contributed by atoms with Gasteiger partial charge in [0, 0.05) is 26.2 Å². The van der Waals surface area contributed by atoms with E-state index in [4.69, 9.17) is 0 Å². The molecule has 1 fully saturated rings. The number of carbonyl (C=O) groups is 1. The highest BCUT2D eigenvalue weighted by molar-refractivity contribution is 5.89. The number of carbonyl (C=O) groups excluding carboxylic acids is 1. The van der Waals surface area contributed by atoms with E-state index in [2.05, 4.69) is 31.5 Å². The molecule has 3 rings (SSSR count). The fourth-order valence-corrected chi connectivity index (χ4v) is 3.17. The van der Waals surface area contributed by atoms with Gasteiger partial charge in [-0.3, -0.25) is 0 Å². The molecular weight excluding hydrogens is 326 g/mol. The minimum atomic E-state index is -0.222. The number of hydrogen-bond donors (Lipinski definition) is 2. The summed E-state index contributed by atoms with van der Waals surface area (Å²) in [7, 11) is 4.07. The molecule has 1 aliphatic heterocycles. The number of benzene rings is 1. The molecule has 1 aliphatic rings. The van der Waals surface area contributed by atoms with Crippen LogP contribution in [-0.2, 0) is 13.1 Å². The lowest BCUT2D eigenvalue weighted by molar-refractivity contribution is 0.251. The molecule has 2 amide bonds. The summed E-state index contributed by atoms with van der Waals surface area (Å²) in [6.45, 7) is 3.47. The second-order valence-electron chi connectivity index (χ2n) is 6.91. The summed E-state index contributed by atoms with van der Waals surface area (Å²) in [6, 6.07) is 11.8. The Morgan fingerprint density at radius 3 is 2.50 bits per heavy atom. The minimum Gasteiger partial charge on any atom is -0.357 e. The molecule has 0 spiro atoms. The summed E-state index contributed by atoms with van der Waals surface area (Å²) >= 11 is 0. The molecule has 2 heterocycles. The monoisotopic (exact) mass is 353 g/mol. The van der Waals surface area contributed by atoms with Gasteiger partial charge >= 0.3 is 6.03 Å². The van der Waals surface area contributed by atoms with Crippen molar-refractivity contribution in [1.29, 1.82) is 0 Å². The summed E-state index contributed by atoms with van der Waals surface area (Å²) in [5.41, 5.74) is 3.04. The van der Waals surface area contributed by atoms with Crippen LogP contribution in [-0.4, -0.2) is 43.1 Å². The highest BCUT2D eigenvalue weighted by Crippen LogP contribution is 2.19. The Bertz CT molecular complexity index is 723. The number of amides is 2. The zero-order valence-electron chi connectivity index (χ0n) is 15.5. The van der Waals surface area contributed by atoms with Gasteiger partial charge in [-0.05, 0) is 50.2 Å². The molecule has 26 heavy (non-hydrogen) atoms. The fourth-order valence-electron chi connectivity index (χ4n) is 3.17. The molecule has 0 aliphatic carbocycles. The molecule has 6 nitrogen and oxygen atoms in total. The van der Waals surface area contributed by atoms with Crippen LogP contribution >= 0.6 is 0 Å². The first-order chi connectivity index (χ1) is 12.6. The van der Waals surface area contributed by atoms with Gasteiger partial charge < -0.3 is 20.4 Å². The van der Waals surface area contributed by atoms with E-state index in [9.17, 15) is 4.79 Å². The van der Waals surface area contributed by atoms with Crippen LogP contribution in [0, 0.1) is 0 Å². The number of nitrogens with zero attached hydrogens (tertiary/aromatic N) is 3. The first-order valence-corrected chi connectivity index (χ1v) is 9.09. The standard InChI is InChI=1S/C20H27N5O/c1-24(2)15-17-8-4-3-7-16(17)13-22-20(26)23-18-9-10-19(21-14-18)25-11-5-6-12-25/h3-4,7-10,14H,5-6,11-13,15H2,1-2H3,(H2,22,23,26). The van der Waals surface area contributed by atoms with Gasteiger partial charge in [0.05, 0.1) is 11.9 Å². The van der Waals surface area contributed by atoms with E-state index in [1.165, 1.54) is 18.4 Å². The topological polar surface area (TPSA) is 60.5 Å². The predicted molar refractivity (Wildman–Crippen MR) is 105 cm³/mol. The molecule has 2 aromatic rings. The van der Waals surface area contributed by atoms with Crippen molar-refractivity contribution in [3.8, 4) is 0 Å². The quantitative estimate of drug-likeness (QED) is 0.838. The van der Waals surface area contributed by atoms with Crippen LogP contribution in [0.1, 0.15) is 24.0 Å². The lowest BCUT2D eigenvalue weighted by Gasteiger charge is -2.17. The molecule has 2 N–H and O–H groups in total. The predicted octanol–water partition coefficient (Wildman–Crippen LogP) is 3.07. The highest BCUT2D eigenvalue weighted by Gasteiger charge is 2.13. The Hall–Kier alpha value is -2.60. The third kappa shape index (κ3) is 4.95. The molecule has 0 bridgehead atoms. The zero-order valence-corrected chi connectivity index (χ0v) is 15.5. The van der Waals surface area contributed by atoms with Crippen molar-refractivity contribution in [2.75, 3.05) is 37.4 Å². The van der Waals surface area contributed by atoms with E-state index >= 15 is 0 Å².